The Bertz CT molecular complexity index is 712. The van der Waals surface area contributed by atoms with Gasteiger partial charge in [0.2, 0.25) is 11.8 Å². The second-order valence-electron chi connectivity index (χ2n) is 6.12. The monoisotopic (exact) mass is 356 g/mol. The van der Waals surface area contributed by atoms with Crippen molar-refractivity contribution >= 4 is 5.91 Å². The van der Waals surface area contributed by atoms with Crippen molar-refractivity contribution in [3.8, 4) is 17.4 Å². The first kappa shape index (κ1) is 18.2. The number of carbonyl (C=O) groups excluding carboxylic acids is 1. The molecule has 0 saturated carbocycles. The number of nitrogens with one attached hydrogen (secondary N) is 1. The van der Waals surface area contributed by atoms with Crippen LogP contribution in [0.15, 0.2) is 42.6 Å². The zero-order valence-electron chi connectivity index (χ0n) is 14.9. The first-order chi connectivity index (χ1) is 12.7. The molecule has 1 aliphatic heterocycles. The highest BCUT2D eigenvalue weighted by atomic mass is 16.5. The Morgan fingerprint density at radius 2 is 2.08 bits per heavy atom. The molecule has 138 valence electrons. The molecule has 6 heteroatoms. The van der Waals surface area contributed by atoms with E-state index in [0.717, 1.165) is 30.8 Å². The van der Waals surface area contributed by atoms with E-state index in [2.05, 4.69) is 10.3 Å². The highest BCUT2D eigenvalue weighted by Gasteiger charge is 2.18. The molecule has 0 radical (unpaired) electrons. The van der Waals surface area contributed by atoms with Crippen molar-refractivity contribution in [3.63, 3.8) is 0 Å². The van der Waals surface area contributed by atoms with Crippen molar-refractivity contribution in [2.45, 2.75) is 38.8 Å². The van der Waals surface area contributed by atoms with Gasteiger partial charge < -0.3 is 19.5 Å². The Kier molecular flexibility index (Phi) is 6.44. The fourth-order valence-corrected chi connectivity index (χ4v) is 2.79. The summed E-state index contributed by atoms with van der Waals surface area (Å²) in [7, 11) is 0. The van der Waals surface area contributed by atoms with Gasteiger partial charge in [-0.25, -0.2) is 4.98 Å². The molecule has 26 heavy (non-hydrogen) atoms. The number of hydrogen-bond donors (Lipinski definition) is 1. The molecule has 1 saturated heterocycles. The van der Waals surface area contributed by atoms with Crippen molar-refractivity contribution in [3.05, 3.63) is 48.2 Å². The van der Waals surface area contributed by atoms with Gasteiger partial charge in [-0.15, -0.1) is 0 Å². The minimum absolute atomic E-state index is 0.00249. The number of ether oxygens (including phenoxy) is 3. The molecule has 1 N–H and O–H groups in total. The summed E-state index contributed by atoms with van der Waals surface area (Å²) >= 11 is 0. The summed E-state index contributed by atoms with van der Waals surface area (Å²) in [4.78, 5) is 16.2. The Morgan fingerprint density at radius 1 is 1.27 bits per heavy atom. The molecule has 2 heterocycles. The summed E-state index contributed by atoms with van der Waals surface area (Å²) in [5.41, 5.74) is 0.932. The number of pyridine rings is 1. The molecule has 6 nitrogen and oxygen atoms in total. The summed E-state index contributed by atoms with van der Waals surface area (Å²) in [5.74, 6) is 1.97. The van der Waals surface area contributed by atoms with Crippen LogP contribution in [0.3, 0.4) is 0 Å². The number of aromatic nitrogens is 1. The summed E-state index contributed by atoms with van der Waals surface area (Å²) in [6, 6.07) is 11.1. The van der Waals surface area contributed by atoms with E-state index in [1.807, 2.05) is 43.3 Å². The van der Waals surface area contributed by atoms with Gasteiger partial charge in [0, 0.05) is 25.4 Å². The van der Waals surface area contributed by atoms with Crippen LogP contribution in [-0.4, -0.2) is 30.2 Å². The maximum atomic E-state index is 12.0. The first-order valence-corrected chi connectivity index (χ1v) is 8.97. The van der Waals surface area contributed by atoms with Crippen LogP contribution < -0.4 is 14.8 Å². The van der Waals surface area contributed by atoms with E-state index < -0.39 is 0 Å². The number of amides is 1. The van der Waals surface area contributed by atoms with Gasteiger partial charge in [0.05, 0.1) is 19.1 Å². The van der Waals surface area contributed by atoms with E-state index in [0.29, 0.717) is 31.2 Å². The van der Waals surface area contributed by atoms with Crippen LogP contribution in [0.1, 0.15) is 31.7 Å². The number of benzene rings is 1. The largest absolute Gasteiger partial charge is 0.494 e. The number of carbonyl (C=O) groups is 1. The quantitative estimate of drug-likeness (QED) is 0.784. The Hall–Kier alpha value is -2.60. The third-order valence-electron chi connectivity index (χ3n) is 4.08. The Balaban J connectivity index is 1.51. The van der Waals surface area contributed by atoms with E-state index in [4.69, 9.17) is 14.2 Å². The second-order valence-corrected chi connectivity index (χ2v) is 6.12. The lowest BCUT2D eigenvalue weighted by molar-refractivity contribution is -0.123. The van der Waals surface area contributed by atoms with E-state index in [1.165, 1.54) is 0 Å². The zero-order valence-corrected chi connectivity index (χ0v) is 14.9. The maximum Gasteiger partial charge on any atom is 0.222 e. The molecule has 1 atom stereocenters. The van der Waals surface area contributed by atoms with Gasteiger partial charge in [-0.2, -0.15) is 0 Å². The smallest absolute Gasteiger partial charge is 0.222 e. The van der Waals surface area contributed by atoms with Crippen LogP contribution in [0.5, 0.6) is 17.4 Å². The van der Waals surface area contributed by atoms with Crippen molar-refractivity contribution < 1.29 is 19.0 Å². The van der Waals surface area contributed by atoms with Gasteiger partial charge in [0.15, 0.2) is 0 Å². The fraction of sp³-hybridized carbons (Fsp3) is 0.400. The molecule has 0 bridgehead atoms. The zero-order chi connectivity index (χ0) is 18.2. The molecule has 0 spiro atoms. The molecule has 0 unspecified atom stereocenters. The molecule has 2 aromatic rings. The topological polar surface area (TPSA) is 69.7 Å². The van der Waals surface area contributed by atoms with E-state index in [-0.39, 0.29) is 12.0 Å². The molecular weight excluding hydrogens is 332 g/mol. The van der Waals surface area contributed by atoms with Crippen LogP contribution in [-0.2, 0) is 16.1 Å². The SMILES string of the molecule is CCOc1ccc(Oc2cc(CNC(=O)C[C@H]3CCCO3)ccn2)cc1. The number of hydrogen-bond acceptors (Lipinski definition) is 5. The molecule has 1 amide bonds. The Morgan fingerprint density at radius 3 is 2.81 bits per heavy atom. The highest BCUT2D eigenvalue weighted by Crippen LogP contribution is 2.23. The molecule has 3 rings (SSSR count). The van der Waals surface area contributed by atoms with E-state index >= 15 is 0 Å². The van der Waals surface area contributed by atoms with Crippen LogP contribution in [0.25, 0.3) is 0 Å². The maximum absolute atomic E-state index is 12.0. The van der Waals surface area contributed by atoms with Crippen LogP contribution in [0, 0.1) is 0 Å². The molecule has 0 aliphatic carbocycles. The second kappa shape index (κ2) is 9.20. The fourth-order valence-electron chi connectivity index (χ4n) is 2.79. The van der Waals surface area contributed by atoms with Gasteiger partial charge in [0.25, 0.3) is 0 Å². The standard InChI is InChI=1S/C20H24N2O4/c1-2-24-16-5-7-17(8-6-16)26-20-12-15(9-10-21-20)14-22-19(23)13-18-4-3-11-25-18/h5-10,12,18H,2-4,11,13-14H2,1H3,(H,22,23)/t18-/m1/s1. The average Bonchev–Trinajstić information content (AvgIpc) is 3.15. The number of rotatable bonds is 8. The first-order valence-electron chi connectivity index (χ1n) is 8.97. The van der Waals surface area contributed by atoms with Gasteiger partial charge in [-0.05, 0) is 55.7 Å². The van der Waals surface area contributed by atoms with Crippen LogP contribution in [0.4, 0.5) is 0 Å². The van der Waals surface area contributed by atoms with Crippen molar-refractivity contribution in [2.24, 2.45) is 0 Å². The van der Waals surface area contributed by atoms with Crippen LogP contribution >= 0.6 is 0 Å². The lowest BCUT2D eigenvalue weighted by atomic mass is 10.1. The van der Waals surface area contributed by atoms with Crippen molar-refractivity contribution in [1.82, 2.24) is 10.3 Å². The van der Waals surface area contributed by atoms with E-state index in [1.54, 1.807) is 6.20 Å². The van der Waals surface area contributed by atoms with Crippen molar-refractivity contribution in [2.75, 3.05) is 13.2 Å². The lowest BCUT2D eigenvalue weighted by Gasteiger charge is -2.11. The minimum Gasteiger partial charge on any atom is -0.494 e. The predicted octanol–water partition coefficient (Wildman–Crippen LogP) is 3.46. The summed E-state index contributed by atoms with van der Waals surface area (Å²) in [6.45, 7) is 3.77. The molecule has 1 aromatic carbocycles. The summed E-state index contributed by atoms with van der Waals surface area (Å²) in [6.07, 6.45) is 4.15. The van der Waals surface area contributed by atoms with Gasteiger partial charge >= 0.3 is 0 Å². The average molecular weight is 356 g/mol. The van der Waals surface area contributed by atoms with Gasteiger partial charge in [0.1, 0.15) is 11.5 Å². The highest BCUT2D eigenvalue weighted by molar-refractivity contribution is 5.76. The number of nitrogens with zero attached hydrogens (tertiary/aromatic N) is 1. The molecule has 1 fully saturated rings. The van der Waals surface area contributed by atoms with Gasteiger partial charge in [-0.3, -0.25) is 4.79 Å². The van der Waals surface area contributed by atoms with Gasteiger partial charge in [-0.1, -0.05) is 0 Å². The van der Waals surface area contributed by atoms with Crippen LogP contribution in [0.2, 0.25) is 0 Å². The summed E-state index contributed by atoms with van der Waals surface area (Å²) in [5, 5.41) is 2.92. The predicted molar refractivity (Wildman–Crippen MR) is 97.4 cm³/mol. The minimum atomic E-state index is 0.00249. The third-order valence-corrected chi connectivity index (χ3v) is 4.08. The molecular formula is C20H24N2O4. The normalized spacial score (nSPS) is 16.3. The van der Waals surface area contributed by atoms with Crippen molar-refractivity contribution in [1.29, 1.82) is 0 Å². The third kappa shape index (κ3) is 5.46. The summed E-state index contributed by atoms with van der Waals surface area (Å²) < 4.78 is 16.7. The van der Waals surface area contributed by atoms with E-state index in [9.17, 15) is 4.79 Å². The molecule has 1 aromatic heterocycles. The Labute approximate surface area is 153 Å². The molecule has 1 aliphatic rings. The lowest BCUT2D eigenvalue weighted by Crippen LogP contribution is -2.26.